The van der Waals surface area contributed by atoms with Gasteiger partial charge >= 0.3 is 12.3 Å². The molecular formula is C25H24F3N7O3S. The molecule has 0 N–H and O–H groups in total. The molecule has 3 fully saturated rings. The number of aromatic nitrogens is 5. The van der Waals surface area contributed by atoms with E-state index in [1.54, 1.807) is 27.7 Å². The first-order valence-electron chi connectivity index (χ1n) is 12.2. The SMILES string of the molecule is CC(C)(C)OC(=O)N1C2CC1CN(c1nc3c(Oc4ccc(C(F)(F)F)cn4)ccc(-c4nccs4)n3n1)C2. The van der Waals surface area contributed by atoms with Crippen molar-refractivity contribution in [2.45, 2.75) is 51.1 Å². The lowest BCUT2D eigenvalue weighted by molar-refractivity contribution is -0.137. The van der Waals surface area contributed by atoms with E-state index < -0.39 is 17.3 Å². The van der Waals surface area contributed by atoms with Gasteiger partial charge in [0.2, 0.25) is 17.5 Å². The number of alkyl halides is 3. The molecule has 0 aliphatic carbocycles. The van der Waals surface area contributed by atoms with Crippen LogP contribution in [0.2, 0.25) is 0 Å². The fraction of sp³-hybridized carbons (Fsp3) is 0.400. The molecule has 3 saturated heterocycles. The third-order valence-corrected chi connectivity index (χ3v) is 7.24. The summed E-state index contributed by atoms with van der Waals surface area (Å²) in [5.41, 5.74) is -0.395. The summed E-state index contributed by atoms with van der Waals surface area (Å²) in [6.45, 7) is 6.60. The van der Waals surface area contributed by atoms with Crippen LogP contribution in [0.25, 0.3) is 16.3 Å². The van der Waals surface area contributed by atoms with Crippen molar-refractivity contribution in [2.24, 2.45) is 0 Å². The fourth-order valence-electron chi connectivity index (χ4n) is 4.76. The number of ether oxygens (including phenoxy) is 2. The Labute approximate surface area is 225 Å². The molecule has 39 heavy (non-hydrogen) atoms. The van der Waals surface area contributed by atoms with Crippen LogP contribution in [0.5, 0.6) is 11.6 Å². The van der Waals surface area contributed by atoms with Crippen LogP contribution < -0.4 is 9.64 Å². The summed E-state index contributed by atoms with van der Waals surface area (Å²) in [6.07, 6.45) is -1.53. The molecule has 3 aliphatic heterocycles. The van der Waals surface area contributed by atoms with Crippen molar-refractivity contribution in [3.05, 3.63) is 47.6 Å². The van der Waals surface area contributed by atoms with Gasteiger partial charge in [-0.1, -0.05) is 0 Å². The van der Waals surface area contributed by atoms with E-state index in [4.69, 9.17) is 19.6 Å². The van der Waals surface area contributed by atoms with Crippen molar-refractivity contribution in [3.8, 4) is 22.3 Å². The van der Waals surface area contributed by atoms with Crippen LogP contribution in [0.4, 0.5) is 23.9 Å². The zero-order valence-corrected chi connectivity index (χ0v) is 22.0. The molecule has 0 spiro atoms. The summed E-state index contributed by atoms with van der Waals surface area (Å²) in [6, 6.07) is 5.47. The predicted octanol–water partition coefficient (Wildman–Crippen LogP) is 5.26. The number of carbonyl (C=O) groups is 1. The average molecular weight is 560 g/mol. The molecular weight excluding hydrogens is 535 g/mol. The minimum absolute atomic E-state index is 0.0105. The molecule has 10 nitrogen and oxygen atoms in total. The molecule has 0 radical (unpaired) electrons. The minimum Gasteiger partial charge on any atom is -0.444 e. The zero-order chi connectivity index (χ0) is 27.5. The summed E-state index contributed by atoms with van der Waals surface area (Å²) in [7, 11) is 0. The van der Waals surface area contributed by atoms with Gasteiger partial charge in [-0.05, 0) is 45.4 Å². The molecule has 0 aromatic carbocycles. The topological polar surface area (TPSA) is 98.0 Å². The van der Waals surface area contributed by atoms with Crippen molar-refractivity contribution in [2.75, 3.05) is 18.0 Å². The Morgan fingerprint density at radius 1 is 1.08 bits per heavy atom. The normalized spacial score (nSPS) is 19.2. The molecule has 4 aromatic heterocycles. The maximum Gasteiger partial charge on any atom is 0.417 e. The summed E-state index contributed by atoms with van der Waals surface area (Å²) >= 11 is 1.43. The van der Waals surface area contributed by atoms with Gasteiger partial charge in [-0.25, -0.2) is 19.3 Å². The Morgan fingerprint density at radius 3 is 2.46 bits per heavy atom. The molecule has 0 saturated carbocycles. The molecule has 7 heterocycles. The smallest absolute Gasteiger partial charge is 0.417 e. The predicted molar refractivity (Wildman–Crippen MR) is 136 cm³/mol. The van der Waals surface area contributed by atoms with Crippen LogP contribution in [0.15, 0.2) is 42.0 Å². The number of amides is 1. The summed E-state index contributed by atoms with van der Waals surface area (Å²) < 4.78 is 51.9. The number of hydrogen-bond acceptors (Lipinski definition) is 9. The molecule has 14 heteroatoms. The van der Waals surface area contributed by atoms with E-state index in [9.17, 15) is 18.0 Å². The number of thiazole rings is 1. The number of anilines is 1. The van der Waals surface area contributed by atoms with Gasteiger partial charge in [0.05, 0.1) is 17.6 Å². The van der Waals surface area contributed by atoms with Gasteiger partial charge in [0.1, 0.15) is 16.3 Å². The lowest BCUT2D eigenvalue weighted by Gasteiger charge is -2.55. The highest BCUT2D eigenvalue weighted by Crippen LogP contribution is 2.37. The number of fused-ring (bicyclic) bond motifs is 3. The molecule has 204 valence electrons. The van der Waals surface area contributed by atoms with Crippen LogP contribution in [0.1, 0.15) is 32.8 Å². The molecule has 7 rings (SSSR count). The molecule has 2 atom stereocenters. The summed E-state index contributed by atoms with van der Waals surface area (Å²) in [4.78, 5) is 29.4. The first-order valence-corrected chi connectivity index (χ1v) is 13.1. The maximum absolute atomic E-state index is 12.9. The minimum atomic E-state index is -4.50. The fourth-order valence-corrected chi connectivity index (χ4v) is 5.41. The highest BCUT2D eigenvalue weighted by atomic mass is 32.1. The Hall–Kier alpha value is -3.94. The first-order chi connectivity index (χ1) is 18.5. The summed E-state index contributed by atoms with van der Waals surface area (Å²) in [5, 5.41) is 7.30. The van der Waals surface area contributed by atoms with Gasteiger partial charge in [0.15, 0.2) is 5.75 Å². The first kappa shape index (κ1) is 25.3. The van der Waals surface area contributed by atoms with Crippen LogP contribution in [-0.4, -0.2) is 66.3 Å². The van der Waals surface area contributed by atoms with Crippen LogP contribution >= 0.6 is 11.3 Å². The van der Waals surface area contributed by atoms with Crippen LogP contribution in [-0.2, 0) is 10.9 Å². The van der Waals surface area contributed by atoms with E-state index in [-0.39, 0.29) is 29.8 Å². The van der Waals surface area contributed by atoms with E-state index in [0.29, 0.717) is 35.4 Å². The van der Waals surface area contributed by atoms with Gasteiger partial charge in [-0.3, -0.25) is 4.90 Å². The quantitative estimate of drug-likeness (QED) is 0.334. The lowest BCUT2D eigenvalue weighted by Crippen LogP contribution is -2.70. The second-order valence-corrected chi connectivity index (χ2v) is 11.3. The number of pyridine rings is 2. The Kier molecular flexibility index (Phi) is 5.90. The molecule has 2 unspecified atom stereocenters. The van der Waals surface area contributed by atoms with E-state index >= 15 is 0 Å². The van der Waals surface area contributed by atoms with Gasteiger partial charge in [-0.15, -0.1) is 16.4 Å². The largest absolute Gasteiger partial charge is 0.444 e. The number of halogens is 3. The number of piperazine rings is 1. The standard InChI is InChI=1S/C25H24F3N7O3S/c1-24(2,3)38-23(36)34-15-10-16(34)13-33(12-15)22-31-20-18(37-19-7-4-14(11-30-19)25(26,27)28)6-5-17(35(20)32-22)21-29-8-9-39-21/h4-9,11,15-16H,10,12-13H2,1-3H3. The van der Waals surface area contributed by atoms with Gasteiger partial charge in [-0.2, -0.15) is 18.2 Å². The van der Waals surface area contributed by atoms with Gasteiger partial charge in [0.25, 0.3) is 0 Å². The number of piperidine rings is 1. The van der Waals surface area contributed by atoms with Crippen molar-refractivity contribution < 1.29 is 27.4 Å². The maximum atomic E-state index is 12.9. The Morgan fingerprint density at radius 2 is 1.85 bits per heavy atom. The van der Waals surface area contributed by atoms with Crippen molar-refractivity contribution in [1.29, 1.82) is 0 Å². The Balaban J connectivity index is 1.30. The molecule has 4 aromatic rings. The van der Waals surface area contributed by atoms with Crippen molar-refractivity contribution >= 4 is 29.0 Å². The van der Waals surface area contributed by atoms with Gasteiger partial charge in [0, 0.05) is 36.9 Å². The van der Waals surface area contributed by atoms with Crippen molar-refractivity contribution in [3.63, 3.8) is 0 Å². The monoisotopic (exact) mass is 559 g/mol. The third kappa shape index (κ3) is 4.84. The number of rotatable bonds is 4. The highest BCUT2D eigenvalue weighted by Gasteiger charge is 2.49. The number of nitrogens with zero attached hydrogens (tertiary/aromatic N) is 7. The number of hydrogen-bond donors (Lipinski definition) is 0. The highest BCUT2D eigenvalue weighted by molar-refractivity contribution is 7.13. The average Bonchev–Trinajstić information content (AvgIpc) is 3.54. The van der Waals surface area contributed by atoms with Crippen molar-refractivity contribution in [1.82, 2.24) is 29.5 Å². The van der Waals surface area contributed by atoms with E-state index in [0.717, 1.165) is 24.8 Å². The molecule has 1 amide bonds. The van der Waals surface area contributed by atoms with E-state index in [1.165, 1.54) is 11.3 Å². The second kappa shape index (κ2) is 9.07. The Bertz CT molecular complexity index is 1500. The number of carbonyl (C=O) groups excluding carboxylic acids is 1. The van der Waals surface area contributed by atoms with E-state index in [1.807, 2.05) is 31.1 Å². The van der Waals surface area contributed by atoms with Gasteiger partial charge < -0.3 is 14.4 Å². The van der Waals surface area contributed by atoms with E-state index in [2.05, 4.69) is 9.97 Å². The third-order valence-electron chi connectivity index (χ3n) is 6.45. The van der Waals surface area contributed by atoms with Crippen LogP contribution in [0, 0.1) is 0 Å². The summed E-state index contributed by atoms with van der Waals surface area (Å²) in [5.74, 6) is 0.713. The molecule has 2 bridgehead atoms. The zero-order valence-electron chi connectivity index (χ0n) is 21.2. The molecule has 3 aliphatic rings. The second-order valence-electron chi connectivity index (χ2n) is 10.4. The van der Waals surface area contributed by atoms with Crippen LogP contribution in [0.3, 0.4) is 0 Å². The lowest BCUT2D eigenvalue weighted by atomic mass is 9.88.